The fourth-order valence-corrected chi connectivity index (χ4v) is 3.11. The van der Waals surface area contributed by atoms with Crippen LogP contribution in [0.25, 0.3) is 0 Å². The topological polar surface area (TPSA) is 44.1 Å². The van der Waals surface area contributed by atoms with Crippen LogP contribution in [-0.2, 0) is 6.42 Å². The van der Waals surface area contributed by atoms with E-state index in [2.05, 4.69) is 6.07 Å². The van der Waals surface area contributed by atoms with E-state index < -0.39 is 0 Å². The van der Waals surface area contributed by atoms with Crippen molar-refractivity contribution in [3.8, 4) is 6.07 Å². The van der Waals surface area contributed by atoms with Crippen LogP contribution in [0.15, 0.2) is 24.3 Å². The Hall–Kier alpha value is -1.82. The maximum absolute atomic E-state index is 12.5. The van der Waals surface area contributed by atoms with E-state index in [0.717, 1.165) is 36.8 Å². The number of benzene rings is 1. The van der Waals surface area contributed by atoms with Crippen molar-refractivity contribution in [1.82, 2.24) is 4.90 Å². The van der Waals surface area contributed by atoms with E-state index in [1.165, 1.54) is 0 Å². The number of hydrogen-bond acceptors (Lipinski definition) is 2. The molecule has 2 unspecified atom stereocenters. The fourth-order valence-electron chi connectivity index (χ4n) is 3.11. The largest absolute Gasteiger partial charge is 0.334 e. The van der Waals surface area contributed by atoms with Crippen molar-refractivity contribution >= 4 is 5.91 Å². The van der Waals surface area contributed by atoms with Gasteiger partial charge in [-0.15, -0.1) is 0 Å². The molecule has 0 saturated carbocycles. The molecule has 1 saturated heterocycles. The van der Waals surface area contributed by atoms with Crippen LogP contribution in [0.1, 0.15) is 35.2 Å². The summed E-state index contributed by atoms with van der Waals surface area (Å²) in [6.45, 7) is 0.605. The van der Waals surface area contributed by atoms with Crippen molar-refractivity contribution in [2.24, 2.45) is 5.92 Å². The number of fused-ring (bicyclic) bond motifs is 2. The van der Waals surface area contributed by atoms with Crippen LogP contribution >= 0.6 is 0 Å². The Labute approximate surface area is 107 Å². The average molecular weight is 240 g/mol. The molecule has 1 fully saturated rings. The molecule has 1 aromatic carbocycles. The quantitative estimate of drug-likeness (QED) is 0.698. The van der Waals surface area contributed by atoms with Gasteiger partial charge in [-0.05, 0) is 37.3 Å². The minimum Gasteiger partial charge on any atom is -0.334 e. The standard InChI is InChI=1S/C15H16N2O/c16-9-11-5-7-13-8-6-12-3-1-2-4-14(12)15(18)17(13)10-11/h1-4,11,13H,5-8,10H2. The monoisotopic (exact) mass is 240 g/mol. The molecule has 3 heteroatoms. The van der Waals surface area contributed by atoms with Crippen molar-refractivity contribution in [3.63, 3.8) is 0 Å². The number of rotatable bonds is 0. The van der Waals surface area contributed by atoms with Crippen LogP contribution in [0.3, 0.4) is 0 Å². The van der Waals surface area contributed by atoms with Crippen molar-refractivity contribution in [2.75, 3.05) is 6.54 Å². The van der Waals surface area contributed by atoms with Gasteiger partial charge in [0.2, 0.25) is 0 Å². The highest BCUT2D eigenvalue weighted by Gasteiger charge is 2.34. The summed E-state index contributed by atoms with van der Waals surface area (Å²) < 4.78 is 0. The second-order valence-corrected chi connectivity index (χ2v) is 5.21. The van der Waals surface area contributed by atoms with E-state index in [9.17, 15) is 4.79 Å². The molecular weight excluding hydrogens is 224 g/mol. The minimum absolute atomic E-state index is 0.00969. The van der Waals surface area contributed by atoms with Crippen molar-refractivity contribution in [3.05, 3.63) is 35.4 Å². The Morgan fingerprint density at radius 2 is 2.06 bits per heavy atom. The number of amides is 1. The lowest BCUT2D eigenvalue weighted by Gasteiger charge is -2.36. The lowest BCUT2D eigenvalue weighted by atomic mass is 9.92. The van der Waals surface area contributed by atoms with Gasteiger partial charge in [-0.25, -0.2) is 0 Å². The van der Waals surface area contributed by atoms with E-state index in [-0.39, 0.29) is 11.8 Å². The predicted octanol–water partition coefficient (Wildman–Crippen LogP) is 2.38. The van der Waals surface area contributed by atoms with Crippen LogP contribution in [0.5, 0.6) is 0 Å². The van der Waals surface area contributed by atoms with Crippen molar-refractivity contribution in [1.29, 1.82) is 5.26 Å². The van der Waals surface area contributed by atoms with E-state index in [1.54, 1.807) is 0 Å². The highest BCUT2D eigenvalue weighted by atomic mass is 16.2. The smallest absolute Gasteiger partial charge is 0.254 e. The molecule has 0 radical (unpaired) electrons. The molecule has 1 aromatic rings. The zero-order valence-corrected chi connectivity index (χ0v) is 10.3. The van der Waals surface area contributed by atoms with Crippen LogP contribution in [-0.4, -0.2) is 23.4 Å². The van der Waals surface area contributed by atoms with E-state index in [1.807, 2.05) is 29.2 Å². The van der Waals surface area contributed by atoms with Gasteiger partial charge in [0.05, 0.1) is 12.0 Å². The molecule has 0 aliphatic carbocycles. The molecule has 2 aliphatic heterocycles. The summed E-state index contributed by atoms with van der Waals surface area (Å²) in [5.41, 5.74) is 1.99. The van der Waals surface area contributed by atoms with Gasteiger partial charge in [0.25, 0.3) is 5.91 Å². The van der Waals surface area contributed by atoms with Gasteiger partial charge in [-0.3, -0.25) is 4.79 Å². The van der Waals surface area contributed by atoms with Gasteiger partial charge in [0, 0.05) is 18.2 Å². The van der Waals surface area contributed by atoms with Crippen LogP contribution in [0.2, 0.25) is 0 Å². The molecule has 0 bridgehead atoms. The molecule has 0 N–H and O–H groups in total. The predicted molar refractivity (Wildman–Crippen MR) is 67.9 cm³/mol. The summed E-state index contributed by atoms with van der Waals surface area (Å²) in [6, 6.07) is 10.5. The number of nitriles is 1. The average Bonchev–Trinajstić information content (AvgIpc) is 2.57. The third-order valence-electron chi connectivity index (χ3n) is 4.14. The van der Waals surface area contributed by atoms with Crippen LogP contribution in [0.4, 0.5) is 0 Å². The number of hydrogen-bond donors (Lipinski definition) is 0. The first-order valence-electron chi connectivity index (χ1n) is 6.58. The Bertz CT molecular complexity index is 517. The van der Waals surface area contributed by atoms with Gasteiger partial charge in [0.1, 0.15) is 0 Å². The van der Waals surface area contributed by atoms with Crippen molar-refractivity contribution < 1.29 is 4.79 Å². The minimum atomic E-state index is 0.00969. The Kier molecular flexibility index (Phi) is 2.79. The van der Waals surface area contributed by atoms with Gasteiger partial charge < -0.3 is 4.90 Å². The number of aryl methyl sites for hydroxylation is 1. The lowest BCUT2D eigenvalue weighted by Crippen LogP contribution is -2.45. The first-order chi connectivity index (χ1) is 8.79. The van der Waals surface area contributed by atoms with Gasteiger partial charge in [0.15, 0.2) is 0 Å². The molecule has 18 heavy (non-hydrogen) atoms. The second-order valence-electron chi connectivity index (χ2n) is 5.21. The van der Waals surface area contributed by atoms with Gasteiger partial charge >= 0.3 is 0 Å². The maximum atomic E-state index is 12.5. The van der Waals surface area contributed by atoms with Crippen LogP contribution in [0, 0.1) is 17.2 Å². The zero-order chi connectivity index (χ0) is 12.5. The Morgan fingerprint density at radius 1 is 1.22 bits per heavy atom. The number of nitrogens with zero attached hydrogens (tertiary/aromatic N) is 2. The normalized spacial score (nSPS) is 26.8. The summed E-state index contributed by atoms with van der Waals surface area (Å²) in [4.78, 5) is 14.5. The molecule has 0 spiro atoms. The van der Waals surface area contributed by atoms with Crippen molar-refractivity contribution in [2.45, 2.75) is 31.7 Å². The highest BCUT2D eigenvalue weighted by molar-refractivity contribution is 5.96. The number of carbonyl (C=O) groups is 1. The SMILES string of the molecule is N#CC1CCC2CCc3ccccc3C(=O)N2C1. The first-order valence-corrected chi connectivity index (χ1v) is 6.58. The van der Waals surface area contributed by atoms with E-state index >= 15 is 0 Å². The summed E-state index contributed by atoms with van der Waals surface area (Å²) in [5, 5.41) is 9.05. The Balaban J connectivity index is 1.95. The second kappa shape index (κ2) is 4.45. The fraction of sp³-hybridized carbons (Fsp3) is 0.467. The lowest BCUT2D eigenvalue weighted by molar-refractivity contribution is 0.0574. The molecule has 3 nitrogen and oxygen atoms in total. The molecule has 1 amide bonds. The molecule has 2 atom stereocenters. The summed E-state index contributed by atoms with van der Waals surface area (Å²) in [6.07, 6.45) is 3.90. The molecule has 2 aliphatic rings. The zero-order valence-electron chi connectivity index (χ0n) is 10.3. The maximum Gasteiger partial charge on any atom is 0.254 e. The van der Waals surface area contributed by atoms with E-state index in [4.69, 9.17) is 5.26 Å². The third-order valence-corrected chi connectivity index (χ3v) is 4.14. The summed E-state index contributed by atoms with van der Waals surface area (Å²) >= 11 is 0. The third kappa shape index (κ3) is 1.78. The summed E-state index contributed by atoms with van der Waals surface area (Å²) in [7, 11) is 0. The van der Waals surface area contributed by atoms with Gasteiger partial charge in [-0.2, -0.15) is 5.26 Å². The molecule has 92 valence electrons. The Morgan fingerprint density at radius 3 is 2.89 bits per heavy atom. The first kappa shape index (κ1) is 11.3. The molecule has 0 aromatic heterocycles. The van der Waals surface area contributed by atoms with Gasteiger partial charge in [-0.1, -0.05) is 18.2 Å². The highest BCUT2D eigenvalue weighted by Crippen LogP contribution is 2.30. The van der Waals surface area contributed by atoms with E-state index in [0.29, 0.717) is 12.6 Å². The summed E-state index contributed by atoms with van der Waals surface area (Å²) in [5.74, 6) is 0.128. The number of piperidine rings is 1. The van der Waals surface area contributed by atoms with Crippen LogP contribution < -0.4 is 0 Å². The molecule has 2 heterocycles. The molecular formula is C15H16N2O. The number of carbonyl (C=O) groups excluding carboxylic acids is 1. The molecule has 3 rings (SSSR count).